The molecular weight excluding hydrogens is 398 g/mol. The second-order valence-corrected chi connectivity index (χ2v) is 8.11. The summed E-state index contributed by atoms with van der Waals surface area (Å²) in [5.74, 6) is 6.00. The molecule has 1 amide bonds. The van der Waals surface area contributed by atoms with Gasteiger partial charge in [0.1, 0.15) is 0 Å². The predicted molar refractivity (Wildman–Crippen MR) is 129 cm³/mol. The van der Waals surface area contributed by atoms with E-state index in [2.05, 4.69) is 60.5 Å². The highest BCUT2D eigenvalue weighted by Gasteiger charge is 2.32. The fourth-order valence-corrected chi connectivity index (χ4v) is 4.35. The molecule has 0 saturated heterocycles. The lowest BCUT2D eigenvalue weighted by molar-refractivity contribution is -0.117. The van der Waals surface area contributed by atoms with Crippen LogP contribution in [0.15, 0.2) is 54.9 Å². The van der Waals surface area contributed by atoms with Crippen molar-refractivity contribution in [1.29, 1.82) is 0 Å². The molecule has 164 valence electrons. The van der Waals surface area contributed by atoms with Gasteiger partial charge in [-0.3, -0.25) is 9.48 Å². The number of hydrogen-bond donors (Lipinski definition) is 2. The number of hydrogen-bond acceptors (Lipinski definition) is 4. The molecule has 3 aromatic rings. The van der Waals surface area contributed by atoms with Crippen molar-refractivity contribution in [3.63, 3.8) is 0 Å². The second-order valence-electron chi connectivity index (χ2n) is 8.11. The minimum Gasteiger partial charge on any atom is -0.378 e. The number of carbonyl (C=O) groups excluding carboxylic acids is 1. The van der Waals surface area contributed by atoms with Crippen LogP contribution in [0.2, 0.25) is 0 Å². The molecule has 2 heterocycles. The molecule has 1 aromatic heterocycles. The molecule has 0 spiro atoms. The van der Waals surface area contributed by atoms with Gasteiger partial charge in [0.25, 0.3) is 0 Å². The maximum atomic E-state index is 12.4. The maximum Gasteiger partial charge on any atom is 0.224 e. The number of nitrogens with zero attached hydrogens (tertiary/aromatic N) is 3. The average Bonchev–Trinajstić information content (AvgIpc) is 3.27. The average molecular weight is 428 g/mol. The van der Waals surface area contributed by atoms with Crippen LogP contribution in [0.25, 0.3) is 11.1 Å². The minimum absolute atomic E-state index is 0.0617. The highest BCUT2D eigenvalue weighted by molar-refractivity contribution is 5.94. The zero-order chi connectivity index (χ0) is 22.7. The molecule has 0 fully saturated rings. The van der Waals surface area contributed by atoms with Crippen molar-refractivity contribution in [3.8, 4) is 23.0 Å². The molecule has 0 aliphatic carbocycles. The van der Waals surface area contributed by atoms with Gasteiger partial charge in [-0.15, -0.1) is 0 Å². The van der Waals surface area contributed by atoms with Crippen molar-refractivity contribution in [2.24, 2.45) is 5.73 Å². The Bertz CT molecular complexity index is 1170. The van der Waals surface area contributed by atoms with Gasteiger partial charge in [0.15, 0.2) is 0 Å². The minimum atomic E-state index is 0.0617. The lowest BCUT2D eigenvalue weighted by atomic mass is 9.89. The number of fused-ring (bicyclic) bond motifs is 1. The summed E-state index contributed by atoms with van der Waals surface area (Å²) in [5.41, 5.74) is 11.7. The Balaban J connectivity index is 1.69. The first-order valence-electron chi connectivity index (χ1n) is 11.0. The number of aryl methyl sites for hydroxylation is 1. The van der Waals surface area contributed by atoms with Gasteiger partial charge in [0, 0.05) is 48.2 Å². The number of nitrogens with two attached hydrogens (primary N) is 1. The fourth-order valence-electron chi connectivity index (χ4n) is 4.35. The normalized spacial score (nSPS) is 17.3. The van der Waals surface area contributed by atoms with Gasteiger partial charge in [-0.1, -0.05) is 17.9 Å². The van der Waals surface area contributed by atoms with E-state index < -0.39 is 0 Å². The van der Waals surface area contributed by atoms with Crippen molar-refractivity contribution in [2.75, 3.05) is 16.8 Å². The molecule has 6 heteroatoms. The first-order valence-corrected chi connectivity index (χ1v) is 11.0. The van der Waals surface area contributed by atoms with Crippen LogP contribution >= 0.6 is 0 Å². The van der Waals surface area contributed by atoms with Gasteiger partial charge in [0.05, 0.1) is 18.8 Å². The van der Waals surface area contributed by atoms with Crippen LogP contribution in [0.1, 0.15) is 44.4 Å². The van der Waals surface area contributed by atoms with Crippen LogP contribution < -0.4 is 16.0 Å². The molecule has 1 aliphatic heterocycles. The fraction of sp³-hybridized carbons (Fsp3) is 0.308. The van der Waals surface area contributed by atoms with Gasteiger partial charge in [-0.2, -0.15) is 5.10 Å². The van der Waals surface area contributed by atoms with Crippen molar-refractivity contribution in [2.45, 2.75) is 45.8 Å². The second kappa shape index (κ2) is 9.29. The largest absolute Gasteiger partial charge is 0.378 e. The number of carbonyl (C=O) groups is 1. The van der Waals surface area contributed by atoms with Crippen LogP contribution in [0, 0.1) is 11.8 Å². The van der Waals surface area contributed by atoms with Crippen molar-refractivity contribution in [1.82, 2.24) is 9.78 Å². The van der Waals surface area contributed by atoms with E-state index in [0.717, 1.165) is 46.6 Å². The standard InChI is InChI=1S/C26H29N5O/c1-4-30-17-22(16-28-30)21-9-12-26-24(15-21)25(14-18(2)31(26)19(3)32)29-23-10-7-20(8-11-23)6-5-13-27/h7-12,15-18,25,29H,4,13-14,27H2,1-3H3/t18-,25+/m0/s1. The van der Waals surface area contributed by atoms with Crippen LogP contribution in [-0.4, -0.2) is 28.3 Å². The van der Waals surface area contributed by atoms with Crippen LogP contribution in [0.5, 0.6) is 0 Å². The molecule has 3 N–H and O–H groups in total. The number of aromatic nitrogens is 2. The van der Waals surface area contributed by atoms with Crippen molar-refractivity contribution in [3.05, 3.63) is 66.0 Å². The summed E-state index contributed by atoms with van der Waals surface area (Å²) >= 11 is 0. The molecule has 0 bridgehead atoms. The third kappa shape index (κ3) is 4.39. The molecule has 6 nitrogen and oxygen atoms in total. The zero-order valence-corrected chi connectivity index (χ0v) is 18.8. The van der Waals surface area contributed by atoms with E-state index >= 15 is 0 Å². The van der Waals surface area contributed by atoms with E-state index in [1.54, 1.807) is 6.92 Å². The summed E-state index contributed by atoms with van der Waals surface area (Å²) in [6, 6.07) is 14.6. The number of rotatable bonds is 4. The van der Waals surface area contributed by atoms with Crippen LogP contribution in [0.3, 0.4) is 0 Å². The first-order chi connectivity index (χ1) is 15.5. The summed E-state index contributed by atoms with van der Waals surface area (Å²) in [7, 11) is 0. The van der Waals surface area contributed by atoms with Crippen LogP contribution in [0.4, 0.5) is 11.4 Å². The lowest BCUT2D eigenvalue weighted by Gasteiger charge is -2.39. The van der Waals surface area contributed by atoms with Gasteiger partial charge in [-0.05, 0) is 67.8 Å². The predicted octanol–water partition coefficient (Wildman–Crippen LogP) is 4.18. The Morgan fingerprint density at radius 1 is 1.22 bits per heavy atom. The summed E-state index contributed by atoms with van der Waals surface area (Å²) < 4.78 is 1.92. The number of anilines is 2. The molecule has 2 atom stereocenters. The third-order valence-corrected chi connectivity index (χ3v) is 5.87. The molecule has 32 heavy (non-hydrogen) atoms. The van der Waals surface area contributed by atoms with E-state index in [1.807, 2.05) is 40.0 Å². The summed E-state index contributed by atoms with van der Waals surface area (Å²) in [6.45, 7) is 6.99. The van der Waals surface area contributed by atoms with E-state index in [-0.39, 0.29) is 18.0 Å². The van der Waals surface area contributed by atoms with E-state index in [1.165, 1.54) is 0 Å². The maximum absolute atomic E-state index is 12.4. The SMILES string of the molecule is CCn1cc(-c2ccc3c(c2)[C@H](Nc2ccc(C#CCN)cc2)C[C@H](C)N3C(C)=O)cn1. The Labute approximate surface area is 189 Å². The van der Waals surface area contributed by atoms with Gasteiger partial charge in [-0.25, -0.2) is 0 Å². The Morgan fingerprint density at radius 2 is 2.00 bits per heavy atom. The lowest BCUT2D eigenvalue weighted by Crippen LogP contribution is -2.43. The van der Waals surface area contributed by atoms with Crippen molar-refractivity contribution < 1.29 is 4.79 Å². The topological polar surface area (TPSA) is 76.2 Å². The van der Waals surface area contributed by atoms with E-state index in [0.29, 0.717) is 6.54 Å². The molecule has 0 unspecified atom stereocenters. The Hall–Kier alpha value is -3.56. The highest BCUT2D eigenvalue weighted by atomic mass is 16.2. The Morgan fingerprint density at radius 3 is 2.66 bits per heavy atom. The molecule has 4 rings (SSSR count). The summed E-state index contributed by atoms with van der Waals surface area (Å²) in [6.07, 6.45) is 4.77. The zero-order valence-electron chi connectivity index (χ0n) is 18.8. The summed E-state index contributed by atoms with van der Waals surface area (Å²) in [5, 5.41) is 8.09. The smallest absolute Gasteiger partial charge is 0.224 e. The quantitative estimate of drug-likeness (QED) is 0.613. The molecule has 1 aliphatic rings. The van der Waals surface area contributed by atoms with Crippen molar-refractivity contribution >= 4 is 17.3 Å². The monoisotopic (exact) mass is 427 g/mol. The van der Waals surface area contributed by atoms with E-state index in [4.69, 9.17) is 5.73 Å². The number of nitrogens with one attached hydrogen (secondary N) is 1. The van der Waals surface area contributed by atoms with E-state index in [9.17, 15) is 4.79 Å². The third-order valence-electron chi connectivity index (χ3n) is 5.87. The number of benzene rings is 2. The van der Waals surface area contributed by atoms with Gasteiger partial charge in [0.2, 0.25) is 5.91 Å². The highest BCUT2D eigenvalue weighted by Crippen LogP contribution is 2.41. The summed E-state index contributed by atoms with van der Waals surface area (Å²) in [4.78, 5) is 14.3. The Kier molecular flexibility index (Phi) is 6.29. The van der Waals surface area contributed by atoms with Gasteiger partial charge < -0.3 is 16.0 Å². The molecule has 0 saturated carbocycles. The molecular formula is C26H29N5O. The van der Waals surface area contributed by atoms with Crippen LogP contribution in [-0.2, 0) is 11.3 Å². The van der Waals surface area contributed by atoms with Gasteiger partial charge >= 0.3 is 0 Å². The molecule has 0 radical (unpaired) electrons. The number of amides is 1. The first kappa shape index (κ1) is 21.7. The molecule has 2 aromatic carbocycles.